The highest BCUT2D eigenvalue weighted by Gasteiger charge is 2.26. The topological polar surface area (TPSA) is 110 Å². The van der Waals surface area contributed by atoms with Gasteiger partial charge < -0.3 is 20.1 Å². The lowest BCUT2D eigenvalue weighted by Crippen LogP contribution is -2.41. The summed E-state index contributed by atoms with van der Waals surface area (Å²) in [5, 5.41) is 5.60. The first-order chi connectivity index (χ1) is 16.7. The number of anilines is 3. The molecule has 1 aliphatic rings. The molecule has 2 N–H and O–H groups in total. The van der Waals surface area contributed by atoms with Crippen molar-refractivity contribution in [2.24, 2.45) is 0 Å². The Labute approximate surface area is 203 Å². The van der Waals surface area contributed by atoms with Crippen LogP contribution in [0.15, 0.2) is 66.9 Å². The Morgan fingerprint density at radius 2 is 1.63 bits per heavy atom. The van der Waals surface area contributed by atoms with Gasteiger partial charge in [-0.2, -0.15) is 0 Å². The Morgan fingerprint density at radius 1 is 0.943 bits per heavy atom. The van der Waals surface area contributed by atoms with Crippen molar-refractivity contribution in [2.75, 3.05) is 28.7 Å². The summed E-state index contributed by atoms with van der Waals surface area (Å²) in [4.78, 5) is 43.5. The van der Waals surface area contributed by atoms with Gasteiger partial charge in [0.15, 0.2) is 11.6 Å². The van der Waals surface area contributed by atoms with Crippen LogP contribution in [0.5, 0.6) is 5.75 Å². The van der Waals surface area contributed by atoms with E-state index in [-0.39, 0.29) is 11.9 Å². The van der Waals surface area contributed by atoms with Crippen LogP contribution < -0.4 is 20.3 Å². The highest BCUT2D eigenvalue weighted by Crippen LogP contribution is 2.32. The number of carbonyl (C=O) groups excluding carboxylic acids is 3. The molecule has 9 heteroatoms. The maximum atomic E-state index is 12.7. The molecule has 0 aliphatic carbocycles. The number of hydrogen-bond donors (Lipinski definition) is 2. The minimum Gasteiger partial charge on any atom is -0.488 e. The highest BCUT2D eigenvalue weighted by atomic mass is 16.6. The number of carbonyl (C=O) groups is 3. The molecule has 0 atom stereocenters. The van der Waals surface area contributed by atoms with E-state index in [0.29, 0.717) is 47.2 Å². The average molecular weight is 475 g/mol. The summed E-state index contributed by atoms with van der Waals surface area (Å²) >= 11 is 0. The van der Waals surface area contributed by atoms with E-state index in [9.17, 15) is 14.4 Å². The number of aromatic nitrogens is 1. The summed E-state index contributed by atoms with van der Waals surface area (Å²) in [6, 6.07) is 16.6. The van der Waals surface area contributed by atoms with Crippen LogP contribution in [0.2, 0.25) is 0 Å². The quantitative estimate of drug-likeness (QED) is 0.530. The summed E-state index contributed by atoms with van der Waals surface area (Å²) in [6.45, 7) is 6.00. The Hall–Kier alpha value is -4.40. The Morgan fingerprint density at radius 3 is 2.31 bits per heavy atom. The lowest BCUT2D eigenvalue weighted by Gasteiger charge is -2.28. The van der Waals surface area contributed by atoms with Gasteiger partial charge in [0.25, 0.3) is 5.91 Å². The number of benzene rings is 2. The Balaban J connectivity index is 1.43. The van der Waals surface area contributed by atoms with E-state index in [2.05, 4.69) is 15.6 Å². The van der Waals surface area contributed by atoms with Gasteiger partial charge in [-0.25, -0.2) is 14.6 Å². The van der Waals surface area contributed by atoms with Gasteiger partial charge in [-0.15, -0.1) is 0 Å². The molecular formula is C26H26N4O5. The third-order valence-corrected chi connectivity index (χ3v) is 4.97. The molecule has 3 aromatic rings. The second kappa shape index (κ2) is 9.84. The summed E-state index contributed by atoms with van der Waals surface area (Å²) in [7, 11) is 0. The third kappa shape index (κ3) is 5.94. The van der Waals surface area contributed by atoms with Crippen molar-refractivity contribution < 1.29 is 23.9 Å². The number of rotatable bonds is 4. The fourth-order valence-corrected chi connectivity index (χ4v) is 3.38. The first kappa shape index (κ1) is 23.7. The van der Waals surface area contributed by atoms with Gasteiger partial charge in [-0.3, -0.25) is 9.69 Å². The van der Waals surface area contributed by atoms with Crippen LogP contribution in [0.3, 0.4) is 0 Å². The molecule has 0 saturated heterocycles. The van der Waals surface area contributed by atoms with Gasteiger partial charge in [0.05, 0.1) is 24.0 Å². The third-order valence-electron chi connectivity index (χ3n) is 4.97. The monoisotopic (exact) mass is 474 g/mol. The van der Waals surface area contributed by atoms with E-state index in [1.54, 1.807) is 63.2 Å². The van der Waals surface area contributed by atoms with Gasteiger partial charge in [0, 0.05) is 17.3 Å². The van der Waals surface area contributed by atoms with Crippen LogP contribution in [0.25, 0.3) is 0 Å². The molecule has 0 radical (unpaired) electrons. The molecule has 180 valence electrons. The van der Waals surface area contributed by atoms with E-state index in [1.807, 2.05) is 18.2 Å². The fourth-order valence-electron chi connectivity index (χ4n) is 3.38. The largest absolute Gasteiger partial charge is 0.488 e. The van der Waals surface area contributed by atoms with E-state index < -0.39 is 11.6 Å². The van der Waals surface area contributed by atoms with E-state index in [4.69, 9.17) is 9.47 Å². The predicted octanol–water partition coefficient (Wildman–Crippen LogP) is 4.72. The standard InChI is InChI=1S/C26H26N4O5/c1-26(2,3)35-24(32)18-11-9-17(10-12-18)23(31)28-20-15-21-22(27-16-20)30(13-14-34-21)25(33)29-19-7-5-4-6-8-19/h4-12,15-16H,13-14H2,1-3H3,(H,28,31)(H,29,33). The summed E-state index contributed by atoms with van der Waals surface area (Å²) in [5.41, 5.74) is 1.20. The minimum atomic E-state index is -0.605. The molecule has 35 heavy (non-hydrogen) atoms. The second-order valence-electron chi connectivity index (χ2n) is 8.88. The summed E-state index contributed by atoms with van der Waals surface area (Å²) in [5.74, 6) is -0.0831. The number of fused-ring (bicyclic) bond motifs is 1. The van der Waals surface area contributed by atoms with Crippen LogP contribution in [-0.2, 0) is 4.74 Å². The zero-order valence-electron chi connectivity index (χ0n) is 19.7. The zero-order chi connectivity index (χ0) is 25.0. The molecule has 9 nitrogen and oxygen atoms in total. The smallest absolute Gasteiger partial charge is 0.338 e. The SMILES string of the molecule is CC(C)(C)OC(=O)c1ccc(C(=O)Nc2cnc3c(c2)OCCN3C(=O)Nc2ccccc2)cc1. The molecule has 0 saturated carbocycles. The van der Waals surface area contributed by atoms with Crippen molar-refractivity contribution in [1.82, 2.24) is 4.98 Å². The molecule has 0 unspecified atom stereocenters. The Bertz CT molecular complexity index is 1240. The molecule has 1 aromatic heterocycles. The van der Waals surface area contributed by atoms with Gasteiger partial charge in [-0.1, -0.05) is 18.2 Å². The Kier molecular flexibility index (Phi) is 6.68. The van der Waals surface area contributed by atoms with E-state index in [1.165, 1.54) is 11.1 Å². The fraction of sp³-hybridized carbons (Fsp3) is 0.231. The van der Waals surface area contributed by atoms with Crippen molar-refractivity contribution in [3.05, 3.63) is 78.0 Å². The predicted molar refractivity (Wildman–Crippen MR) is 132 cm³/mol. The first-order valence-electron chi connectivity index (χ1n) is 11.1. The van der Waals surface area contributed by atoms with Crippen molar-refractivity contribution in [3.8, 4) is 5.75 Å². The van der Waals surface area contributed by atoms with Crippen LogP contribution >= 0.6 is 0 Å². The molecular weight excluding hydrogens is 448 g/mol. The lowest BCUT2D eigenvalue weighted by molar-refractivity contribution is 0.00693. The van der Waals surface area contributed by atoms with Crippen molar-refractivity contribution in [1.29, 1.82) is 0 Å². The maximum Gasteiger partial charge on any atom is 0.338 e. The van der Waals surface area contributed by atoms with Crippen LogP contribution in [-0.4, -0.2) is 41.6 Å². The average Bonchev–Trinajstić information content (AvgIpc) is 2.83. The first-order valence-corrected chi connectivity index (χ1v) is 11.1. The molecule has 4 rings (SSSR count). The number of para-hydroxylation sites is 1. The molecule has 3 amide bonds. The van der Waals surface area contributed by atoms with Crippen LogP contribution in [0, 0.1) is 0 Å². The maximum absolute atomic E-state index is 12.7. The van der Waals surface area contributed by atoms with Crippen LogP contribution in [0.4, 0.5) is 22.0 Å². The molecule has 1 aliphatic heterocycles. The number of nitrogens with one attached hydrogen (secondary N) is 2. The normalized spacial score (nSPS) is 12.7. The minimum absolute atomic E-state index is 0.292. The van der Waals surface area contributed by atoms with E-state index in [0.717, 1.165) is 0 Å². The summed E-state index contributed by atoms with van der Waals surface area (Å²) < 4.78 is 11.0. The number of amides is 3. The van der Waals surface area contributed by atoms with Gasteiger partial charge >= 0.3 is 12.0 Å². The molecule has 2 aromatic carbocycles. The summed E-state index contributed by atoms with van der Waals surface area (Å²) in [6.07, 6.45) is 1.46. The van der Waals surface area contributed by atoms with Gasteiger partial charge in [0.2, 0.25) is 0 Å². The van der Waals surface area contributed by atoms with Gasteiger partial charge in [0.1, 0.15) is 12.2 Å². The van der Waals surface area contributed by atoms with Crippen molar-refractivity contribution >= 4 is 35.1 Å². The zero-order valence-corrected chi connectivity index (χ0v) is 19.7. The number of esters is 1. The van der Waals surface area contributed by atoms with E-state index >= 15 is 0 Å². The number of urea groups is 1. The molecule has 0 bridgehead atoms. The van der Waals surface area contributed by atoms with Gasteiger partial charge in [-0.05, 0) is 57.2 Å². The number of pyridine rings is 1. The van der Waals surface area contributed by atoms with Crippen molar-refractivity contribution in [2.45, 2.75) is 26.4 Å². The number of nitrogens with zero attached hydrogens (tertiary/aromatic N) is 2. The number of ether oxygens (including phenoxy) is 2. The lowest BCUT2D eigenvalue weighted by atomic mass is 10.1. The molecule has 0 spiro atoms. The highest BCUT2D eigenvalue weighted by molar-refractivity contribution is 6.05. The second-order valence-corrected chi connectivity index (χ2v) is 8.88. The van der Waals surface area contributed by atoms with Crippen LogP contribution in [0.1, 0.15) is 41.5 Å². The number of hydrogen-bond acceptors (Lipinski definition) is 6. The van der Waals surface area contributed by atoms with Crippen molar-refractivity contribution in [3.63, 3.8) is 0 Å². The molecule has 0 fully saturated rings. The molecule has 2 heterocycles.